The van der Waals surface area contributed by atoms with Gasteiger partial charge in [-0.05, 0) is 64.3 Å². The molecule has 0 radical (unpaired) electrons. The molecule has 0 saturated heterocycles. The molecular weight excluding hydrogens is 508 g/mol. The van der Waals surface area contributed by atoms with E-state index in [0.29, 0.717) is 6.42 Å². The summed E-state index contributed by atoms with van der Waals surface area (Å²) in [5.74, 6) is 1.05. The summed E-state index contributed by atoms with van der Waals surface area (Å²) in [6, 6.07) is 19.8. The first kappa shape index (κ1) is 21.1. The van der Waals surface area contributed by atoms with Gasteiger partial charge in [-0.2, -0.15) is 0 Å². The summed E-state index contributed by atoms with van der Waals surface area (Å²) >= 11 is 7.10. The number of nitrogens with zero attached hydrogens (tertiary/aromatic N) is 1. The lowest BCUT2D eigenvalue weighted by Crippen LogP contribution is -2.33. The van der Waals surface area contributed by atoms with E-state index in [-0.39, 0.29) is 18.0 Å². The molecule has 0 spiro atoms. The molecule has 0 aliphatic carbocycles. The molecule has 3 aromatic rings. The van der Waals surface area contributed by atoms with Gasteiger partial charge >= 0.3 is 0 Å². The third-order valence-corrected chi connectivity index (χ3v) is 6.40. The first-order valence-corrected chi connectivity index (χ1v) is 11.2. The second kappa shape index (κ2) is 8.92. The van der Waals surface area contributed by atoms with Crippen LogP contribution >= 0.6 is 31.9 Å². The number of hydrogen-bond donors (Lipinski definition) is 2. The van der Waals surface area contributed by atoms with E-state index in [1.807, 2.05) is 30.3 Å². The summed E-state index contributed by atoms with van der Waals surface area (Å²) in [5, 5.41) is 14.1. The maximum atomic E-state index is 10.5. The van der Waals surface area contributed by atoms with Crippen molar-refractivity contribution in [2.24, 2.45) is 4.99 Å². The van der Waals surface area contributed by atoms with Gasteiger partial charge in [-0.15, -0.1) is 0 Å². The maximum Gasteiger partial charge on any atom is 0.133 e. The van der Waals surface area contributed by atoms with Gasteiger partial charge in [-0.1, -0.05) is 51.8 Å². The second-order valence-corrected chi connectivity index (χ2v) is 9.13. The number of nitrogens with one attached hydrogen (secondary N) is 1. The van der Waals surface area contributed by atoms with E-state index in [0.717, 1.165) is 37.1 Å². The fourth-order valence-corrected chi connectivity index (χ4v) is 4.59. The standard InChI is InChI=1S/C24H22Br2N2O2/c1-14-3-5-15(6-4-14)20-13-21(18-12-17(25)8-9-22(18)29)28-24(27-20)16-7-10-23(30-2)19(26)11-16/h3-12,21,24,28-29H,13H2,1-2H3/t21-,24-/m1/s1. The average molecular weight is 530 g/mol. The molecule has 4 rings (SSSR count). The van der Waals surface area contributed by atoms with Gasteiger partial charge in [0.25, 0.3) is 0 Å². The Kier molecular flexibility index (Phi) is 6.27. The van der Waals surface area contributed by atoms with Crippen molar-refractivity contribution in [1.82, 2.24) is 5.32 Å². The summed E-state index contributed by atoms with van der Waals surface area (Å²) < 4.78 is 7.18. The molecule has 6 heteroatoms. The summed E-state index contributed by atoms with van der Waals surface area (Å²) in [5.41, 5.74) is 5.19. The zero-order valence-electron chi connectivity index (χ0n) is 16.7. The molecular formula is C24H22Br2N2O2. The van der Waals surface area contributed by atoms with Crippen LogP contribution in [0.5, 0.6) is 11.5 Å². The molecule has 1 heterocycles. The lowest BCUT2D eigenvalue weighted by molar-refractivity contribution is 0.406. The number of methoxy groups -OCH3 is 1. The van der Waals surface area contributed by atoms with Crippen molar-refractivity contribution in [3.63, 3.8) is 0 Å². The molecule has 3 aromatic carbocycles. The van der Waals surface area contributed by atoms with E-state index in [9.17, 15) is 5.11 Å². The minimum atomic E-state index is -0.249. The number of ether oxygens (including phenoxy) is 1. The third kappa shape index (κ3) is 4.46. The van der Waals surface area contributed by atoms with Gasteiger partial charge in [0.15, 0.2) is 0 Å². The molecule has 1 aliphatic heterocycles. The first-order chi connectivity index (χ1) is 14.4. The van der Waals surface area contributed by atoms with Crippen LogP contribution in [0.2, 0.25) is 0 Å². The molecule has 0 amide bonds. The van der Waals surface area contributed by atoms with Crippen molar-refractivity contribution in [3.8, 4) is 11.5 Å². The molecule has 1 aliphatic rings. The highest BCUT2D eigenvalue weighted by Crippen LogP contribution is 2.37. The molecule has 154 valence electrons. The van der Waals surface area contributed by atoms with Crippen molar-refractivity contribution in [1.29, 1.82) is 0 Å². The lowest BCUT2D eigenvalue weighted by Gasteiger charge is -2.31. The molecule has 30 heavy (non-hydrogen) atoms. The molecule has 0 bridgehead atoms. The van der Waals surface area contributed by atoms with Crippen molar-refractivity contribution >= 4 is 37.6 Å². The number of halogens is 2. The van der Waals surface area contributed by atoms with E-state index >= 15 is 0 Å². The summed E-state index contributed by atoms with van der Waals surface area (Å²) in [4.78, 5) is 5.03. The van der Waals surface area contributed by atoms with Crippen molar-refractivity contribution < 1.29 is 9.84 Å². The van der Waals surface area contributed by atoms with E-state index in [2.05, 4.69) is 68.4 Å². The van der Waals surface area contributed by atoms with Crippen LogP contribution in [0.25, 0.3) is 0 Å². The Hall–Kier alpha value is -2.15. The molecule has 2 atom stereocenters. The fraction of sp³-hybridized carbons (Fsp3) is 0.208. The van der Waals surface area contributed by atoms with Crippen LogP contribution < -0.4 is 10.1 Å². The number of aromatic hydroxyl groups is 1. The van der Waals surface area contributed by atoms with Gasteiger partial charge in [0.2, 0.25) is 0 Å². The Bertz CT molecular complexity index is 1100. The number of rotatable bonds is 4. The first-order valence-electron chi connectivity index (χ1n) is 9.66. The summed E-state index contributed by atoms with van der Waals surface area (Å²) in [7, 11) is 1.65. The average Bonchev–Trinajstić information content (AvgIpc) is 2.75. The minimum Gasteiger partial charge on any atom is -0.508 e. The van der Waals surface area contributed by atoms with Crippen molar-refractivity contribution in [3.05, 3.63) is 91.9 Å². The Morgan fingerprint density at radius 1 is 1.03 bits per heavy atom. The second-order valence-electron chi connectivity index (χ2n) is 7.36. The van der Waals surface area contributed by atoms with E-state index < -0.39 is 0 Å². The van der Waals surface area contributed by atoms with Gasteiger partial charge in [-0.3, -0.25) is 10.3 Å². The largest absolute Gasteiger partial charge is 0.508 e. The Labute approximate surface area is 193 Å². The minimum absolute atomic E-state index is 0.0813. The number of hydrogen-bond acceptors (Lipinski definition) is 4. The number of phenolic OH excluding ortho intramolecular Hbond substituents is 1. The molecule has 0 fully saturated rings. The SMILES string of the molecule is COc1ccc([C@@H]2N=C(c3ccc(C)cc3)C[C@H](c3cc(Br)ccc3O)N2)cc1Br. The summed E-state index contributed by atoms with van der Waals surface area (Å²) in [6.45, 7) is 2.08. The molecule has 0 saturated carbocycles. The predicted molar refractivity (Wildman–Crippen MR) is 127 cm³/mol. The van der Waals surface area contributed by atoms with Gasteiger partial charge in [0.1, 0.15) is 17.7 Å². The van der Waals surface area contributed by atoms with Crippen molar-refractivity contribution in [2.75, 3.05) is 7.11 Å². The molecule has 4 nitrogen and oxygen atoms in total. The quantitative estimate of drug-likeness (QED) is 0.408. The number of benzene rings is 3. The number of aliphatic imine (C=N–C) groups is 1. The van der Waals surface area contributed by atoms with Crippen LogP contribution in [0.4, 0.5) is 0 Å². The molecule has 0 unspecified atom stereocenters. The monoisotopic (exact) mass is 528 g/mol. The van der Waals surface area contributed by atoms with E-state index in [1.54, 1.807) is 13.2 Å². The zero-order chi connectivity index (χ0) is 21.3. The zero-order valence-corrected chi connectivity index (χ0v) is 19.9. The van der Waals surface area contributed by atoms with Gasteiger partial charge in [0, 0.05) is 28.2 Å². The van der Waals surface area contributed by atoms with Crippen LogP contribution in [0.1, 0.15) is 40.9 Å². The molecule has 2 N–H and O–H groups in total. The number of aryl methyl sites for hydroxylation is 1. The highest BCUT2D eigenvalue weighted by Gasteiger charge is 2.28. The van der Waals surface area contributed by atoms with Crippen LogP contribution in [-0.2, 0) is 0 Å². The normalized spacial score (nSPS) is 18.7. The Balaban J connectivity index is 1.77. The predicted octanol–water partition coefficient (Wildman–Crippen LogP) is 6.46. The van der Waals surface area contributed by atoms with Crippen LogP contribution in [0.15, 0.2) is 74.6 Å². The van der Waals surface area contributed by atoms with Crippen LogP contribution in [-0.4, -0.2) is 17.9 Å². The van der Waals surface area contributed by atoms with Gasteiger partial charge in [-0.25, -0.2) is 0 Å². The lowest BCUT2D eigenvalue weighted by atomic mass is 9.93. The number of phenols is 1. The van der Waals surface area contributed by atoms with Gasteiger partial charge in [0.05, 0.1) is 11.6 Å². The molecule has 0 aromatic heterocycles. The highest BCUT2D eigenvalue weighted by atomic mass is 79.9. The Morgan fingerprint density at radius 2 is 1.80 bits per heavy atom. The third-order valence-electron chi connectivity index (χ3n) is 5.28. The smallest absolute Gasteiger partial charge is 0.133 e. The maximum absolute atomic E-state index is 10.5. The Morgan fingerprint density at radius 3 is 2.50 bits per heavy atom. The van der Waals surface area contributed by atoms with Crippen LogP contribution in [0, 0.1) is 6.92 Å². The van der Waals surface area contributed by atoms with Crippen LogP contribution in [0.3, 0.4) is 0 Å². The fourth-order valence-electron chi connectivity index (χ4n) is 3.65. The van der Waals surface area contributed by atoms with E-state index in [1.165, 1.54) is 5.56 Å². The summed E-state index contributed by atoms with van der Waals surface area (Å²) in [6.07, 6.45) is 0.432. The highest BCUT2D eigenvalue weighted by molar-refractivity contribution is 9.10. The topological polar surface area (TPSA) is 53.9 Å². The van der Waals surface area contributed by atoms with E-state index in [4.69, 9.17) is 9.73 Å². The van der Waals surface area contributed by atoms with Crippen molar-refractivity contribution in [2.45, 2.75) is 25.6 Å². The van der Waals surface area contributed by atoms with Gasteiger partial charge < -0.3 is 9.84 Å².